The largest absolute Gasteiger partial charge is 0.478 e. The Balaban J connectivity index is 2.40. The fourth-order valence-electron chi connectivity index (χ4n) is 1.59. The van der Waals surface area contributed by atoms with Gasteiger partial charge in [0, 0.05) is 12.0 Å². The van der Waals surface area contributed by atoms with Gasteiger partial charge in [0.25, 0.3) is 0 Å². The van der Waals surface area contributed by atoms with Gasteiger partial charge in [0.05, 0.1) is 11.0 Å². The second-order valence-corrected chi connectivity index (χ2v) is 4.22. The highest BCUT2D eigenvalue weighted by atomic mass is 16.4. The van der Waals surface area contributed by atoms with Crippen LogP contribution < -0.4 is 0 Å². The average Bonchev–Trinajstić information content (AvgIpc) is 2.69. The standard InChI is InChI=1S/C13H14N2O2/c1-8(2)13-14-10-5-3-9(4-6-12(16)17)7-11(10)15-13/h3-8H,1-2H3,(H,14,15)(H,16,17)/b6-4+. The van der Waals surface area contributed by atoms with Gasteiger partial charge in [-0.2, -0.15) is 0 Å². The van der Waals surface area contributed by atoms with Gasteiger partial charge in [0.1, 0.15) is 5.82 Å². The number of hydrogen-bond donors (Lipinski definition) is 2. The van der Waals surface area contributed by atoms with E-state index in [1.807, 2.05) is 18.2 Å². The number of hydrogen-bond acceptors (Lipinski definition) is 2. The summed E-state index contributed by atoms with van der Waals surface area (Å²) in [4.78, 5) is 18.1. The predicted octanol–water partition coefficient (Wildman–Crippen LogP) is 2.78. The predicted molar refractivity (Wildman–Crippen MR) is 66.9 cm³/mol. The molecule has 4 nitrogen and oxygen atoms in total. The van der Waals surface area contributed by atoms with Crippen molar-refractivity contribution in [2.45, 2.75) is 19.8 Å². The molecule has 0 unspecified atom stereocenters. The molecule has 0 bridgehead atoms. The van der Waals surface area contributed by atoms with Crippen molar-refractivity contribution in [2.24, 2.45) is 0 Å². The molecule has 0 atom stereocenters. The highest BCUT2D eigenvalue weighted by molar-refractivity contribution is 5.86. The molecule has 17 heavy (non-hydrogen) atoms. The Morgan fingerprint density at radius 2 is 2.24 bits per heavy atom. The van der Waals surface area contributed by atoms with E-state index in [4.69, 9.17) is 5.11 Å². The number of benzene rings is 1. The monoisotopic (exact) mass is 230 g/mol. The second-order valence-electron chi connectivity index (χ2n) is 4.22. The van der Waals surface area contributed by atoms with Crippen LogP contribution in [-0.2, 0) is 4.79 Å². The molecule has 0 saturated heterocycles. The zero-order valence-corrected chi connectivity index (χ0v) is 9.77. The smallest absolute Gasteiger partial charge is 0.328 e. The summed E-state index contributed by atoms with van der Waals surface area (Å²) in [6.45, 7) is 4.14. The van der Waals surface area contributed by atoms with E-state index in [2.05, 4.69) is 23.8 Å². The summed E-state index contributed by atoms with van der Waals surface area (Å²) in [5, 5.41) is 8.56. The van der Waals surface area contributed by atoms with E-state index in [-0.39, 0.29) is 0 Å². The van der Waals surface area contributed by atoms with E-state index in [9.17, 15) is 4.79 Å². The van der Waals surface area contributed by atoms with Crippen molar-refractivity contribution in [1.29, 1.82) is 0 Å². The Hall–Kier alpha value is -2.10. The molecule has 0 spiro atoms. The van der Waals surface area contributed by atoms with Gasteiger partial charge in [0.15, 0.2) is 0 Å². The van der Waals surface area contributed by atoms with Crippen LogP contribution in [0, 0.1) is 0 Å². The zero-order chi connectivity index (χ0) is 12.4. The second kappa shape index (κ2) is 4.41. The maximum atomic E-state index is 10.4. The summed E-state index contributed by atoms with van der Waals surface area (Å²) in [7, 11) is 0. The van der Waals surface area contributed by atoms with E-state index in [1.165, 1.54) is 0 Å². The molecule has 2 N–H and O–H groups in total. The normalized spacial score (nSPS) is 11.7. The first-order valence-electron chi connectivity index (χ1n) is 5.47. The lowest BCUT2D eigenvalue weighted by Gasteiger charge is -1.95. The van der Waals surface area contributed by atoms with Gasteiger partial charge in [-0.25, -0.2) is 9.78 Å². The number of aromatic amines is 1. The highest BCUT2D eigenvalue weighted by Crippen LogP contribution is 2.18. The highest BCUT2D eigenvalue weighted by Gasteiger charge is 2.05. The van der Waals surface area contributed by atoms with Crippen molar-refractivity contribution in [1.82, 2.24) is 9.97 Å². The number of aromatic nitrogens is 2. The number of aliphatic carboxylic acids is 1. The third-order valence-corrected chi connectivity index (χ3v) is 2.49. The molecule has 0 aliphatic carbocycles. The van der Waals surface area contributed by atoms with Crippen LogP contribution >= 0.6 is 0 Å². The van der Waals surface area contributed by atoms with Gasteiger partial charge >= 0.3 is 5.97 Å². The van der Waals surface area contributed by atoms with Gasteiger partial charge in [0.2, 0.25) is 0 Å². The Kier molecular flexibility index (Phi) is 2.95. The molecule has 2 aromatic rings. The minimum Gasteiger partial charge on any atom is -0.478 e. The molecular formula is C13H14N2O2. The van der Waals surface area contributed by atoms with Crippen LogP contribution in [0.1, 0.15) is 31.2 Å². The molecule has 0 aliphatic heterocycles. The van der Waals surface area contributed by atoms with Crippen LogP contribution in [0.3, 0.4) is 0 Å². The minimum absolute atomic E-state index is 0.348. The topological polar surface area (TPSA) is 66.0 Å². The van der Waals surface area contributed by atoms with Crippen molar-refractivity contribution in [3.05, 3.63) is 35.7 Å². The lowest BCUT2D eigenvalue weighted by molar-refractivity contribution is -0.131. The van der Waals surface area contributed by atoms with Gasteiger partial charge in [-0.3, -0.25) is 0 Å². The van der Waals surface area contributed by atoms with E-state index in [1.54, 1.807) is 6.08 Å². The number of nitrogens with one attached hydrogen (secondary N) is 1. The SMILES string of the molecule is CC(C)c1nc2ccc(/C=C/C(=O)O)cc2[nH]1. The quantitative estimate of drug-likeness (QED) is 0.797. The van der Waals surface area contributed by atoms with Crippen LogP contribution in [-0.4, -0.2) is 21.0 Å². The van der Waals surface area contributed by atoms with Crippen molar-refractivity contribution in [3.63, 3.8) is 0 Å². The molecule has 2 rings (SSSR count). The Morgan fingerprint density at radius 1 is 1.47 bits per heavy atom. The Morgan fingerprint density at radius 3 is 2.88 bits per heavy atom. The molecule has 88 valence electrons. The molecule has 0 amide bonds. The van der Waals surface area contributed by atoms with Crippen molar-refractivity contribution >= 4 is 23.1 Å². The van der Waals surface area contributed by atoms with Crippen LogP contribution in [0.4, 0.5) is 0 Å². The number of nitrogens with zero attached hydrogens (tertiary/aromatic N) is 1. The third kappa shape index (κ3) is 2.53. The lowest BCUT2D eigenvalue weighted by atomic mass is 10.2. The number of imidazole rings is 1. The summed E-state index contributed by atoms with van der Waals surface area (Å²) in [6, 6.07) is 5.64. The molecule has 1 aromatic heterocycles. The summed E-state index contributed by atoms with van der Waals surface area (Å²) >= 11 is 0. The zero-order valence-electron chi connectivity index (χ0n) is 9.77. The third-order valence-electron chi connectivity index (χ3n) is 2.49. The van der Waals surface area contributed by atoms with Crippen molar-refractivity contribution < 1.29 is 9.90 Å². The van der Waals surface area contributed by atoms with Crippen LogP contribution in [0.25, 0.3) is 17.1 Å². The fraction of sp³-hybridized carbons (Fsp3) is 0.231. The van der Waals surface area contributed by atoms with Gasteiger partial charge in [-0.05, 0) is 23.8 Å². The lowest BCUT2D eigenvalue weighted by Crippen LogP contribution is -1.88. The number of carboxylic acids is 1. The fourth-order valence-corrected chi connectivity index (χ4v) is 1.59. The number of H-pyrrole nitrogens is 1. The molecular weight excluding hydrogens is 216 g/mol. The Bertz CT molecular complexity index is 582. The molecule has 4 heteroatoms. The molecule has 0 fully saturated rings. The van der Waals surface area contributed by atoms with Crippen molar-refractivity contribution in [3.8, 4) is 0 Å². The van der Waals surface area contributed by atoms with Gasteiger partial charge < -0.3 is 10.1 Å². The molecule has 0 aliphatic rings. The summed E-state index contributed by atoms with van der Waals surface area (Å²) < 4.78 is 0. The molecule has 1 heterocycles. The average molecular weight is 230 g/mol. The number of fused-ring (bicyclic) bond motifs is 1. The number of carbonyl (C=O) groups is 1. The first-order valence-corrected chi connectivity index (χ1v) is 5.47. The maximum Gasteiger partial charge on any atom is 0.328 e. The van der Waals surface area contributed by atoms with Crippen LogP contribution in [0.2, 0.25) is 0 Å². The van der Waals surface area contributed by atoms with Gasteiger partial charge in [-0.1, -0.05) is 19.9 Å². The van der Waals surface area contributed by atoms with E-state index in [0.717, 1.165) is 28.5 Å². The number of rotatable bonds is 3. The van der Waals surface area contributed by atoms with Crippen LogP contribution in [0.5, 0.6) is 0 Å². The molecule has 1 aromatic carbocycles. The first kappa shape index (κ1) is 11.4. The first-order chi connectivity index (χ1) is 8.06. The minimum atomic E-state index is -0.947. The van der Waals surface area contributed by atoms with E-state index >= 15 is 0 Å². The maximum absolute atomic E-state index is 10.4. The van der Waals surface area contributed by atoms with E-state index < -0.39 is 5.97 Å². The molecule has 0 radical (unpaired) electrons. The summed E-state index contributed by atoms with van der Waals surface area (Å²) in [5.41, 5.74) is 2.68. The van der Waals surface area contributed by atoms with Crippen molar-refractivity contribution in [2.75, 3.05) is 0 Å². The Labute approximate surface area is 99.0 Å². The van der Waals surface area contributed by atoms with Gasteiger partial charge in [-0.15, -0.1) is 0 Å². The summed E-state index contributed by atoms with van der Waals surface area (Å²) in [6.07, 6.45) is 2.69. The molecule has 0 saturated carbocycles. The summed E-state index contributed by atoms with van der Waals surface area (Å²) in [5.74, 6) is 0.345. The van der Waals surface area contributed by atoms with Crippen LogP contribution in [0.15, 0.2) is 24.3 Å². The van der Waals surface area contributed by atoms with E-state index in [0.29, 0.717) is 5.92 Å². The number of carboxylic acid groups (broad SMARTS) is 1.